The van der Waals surface area contributed by atoms with Crippen molar-refractivity contribution in [3.05, 3.63) is 35.4 Å². The summed E-state index contributed by atoms with van der Waals surface area (Å²) in [4.78, 5) is 13.7. The highest BCUT2D eigenvalue weighted by Crippen LogP contribution is 2.40. The second kappa shape index (κ2) is 6.91. The molecule has 1 aliphatic heterocycles. The number of hydrogen-bond donors (Lipinski definition) is 1. The largest absolute Gasteiger partial charge is 0.416 e. The van der Waals surface area contributed by atoms with Crippen molar-refractivity contribution in [1.29, 1.82) is 0 Å². The van der Waals surface area contributed by atoms with E-state index in [1.807, 2.05) is 0 Å². The van der Waals surface area contributed by atoms with Crippen LogP contribution < -0.4 is 5.32 Å². The Morgan fingerprint density at radius 3 is 2.77 bits per heavy atom. The number of nitrogens with two attached hydrogens (primary N) is 1. The first kappa shape index (κ1) is 17.1. The van der Waals surface area contributed by atoms with Gasteiger partial charge < -0.3 is 10.2 Å². The van der Waals surface area contributed by atoms with Gasteiger partial charge in [-0.3, -0.25) is 4.79 Å². The predicted octanol–water partition coefficient (Wildman–Crippen LogP) is 2.25. The zero-order valence-corrected chi connectivity index (χ0v) is 13.4. The highest BCUT2D eigenvalue weighted by molar-refractivity contribution is 8.00. The normalized spacial score (nSPS) is 19.3. The average molecular weight is 333 g/mol. The van der Waals surface area contributed by atoms with Crippen molar-refractivity contribution >= 4 is 17.7 Å². The molecule has 2 rings (SSSR count). The van der Waals surface area contributed by atoms with Crippen LogP contribution in [0.15, 0.2) is 24.3 Å². The van der Waals surface area contributed by atoms with Gasteiger partial charge in [0.2, 0.25) is 5.91 Å². The summed E-state index contributed by atoms with van der Waals surface area (Å²) in [5.74, 6) is 0.312. The Kier molecular flexibility index (Phi) is 5.39. The van der Waals surface area contributed by atoms with E-state index in [2.05, 4.69) is 19.2 Å². The Labute approximate surface area is 132 Å². The number of carbonyl (C=O) groups excluding carboxylic acids is 1. The molecule has 1 atom stereocenters. The first-order valence-electron chi connectivity index (χ1n) is 7.20. The molecule has 1 fully saturated rings. The van der Waals surface area contributed by atoms with Gasteiger partial charge in [-0.15, -0.1) is 11.8 Å². The molecule has 0 bridgehead atoms. The molecule has 0 aliphatic carbocycles. The summed E-state index contributed by atoms with van der Waals surface area (Å²) in [6.07, 6.45) is -4.36. The first-order valence-corrected chi connectivity index (χ1v) is 8.25. The monoisotopic (exact) mass is 333 g/mol. The van der Waals surface area contributed by atoms with E-state index < -0.39 is 11.7 Å². The molecule has 122 valence electrons. The van der Waals surface area contributed by atoms with Crippen molar-refractivity contribution in [3.63, 3.8) is 0 Å². The van der Waals surface area contributed by atoms with Gasteiger partial charge in [0.25, 0.3) is 0 Å². The molecule has 0 saturated carbocycles. The minimum atomic E-state index is -4.36. The van der Waals surface area contributed by atoms with Crippen molar-refractivity contribution in [2.45, 2.75) is 31.4 Å². The van der Waals surface area contributed by atoms with Crippen LogP contribution in [-0.2, 0) is 11.0 Å². The van der Waals surface area contributed by atoms with Crippen molar-refractivity contribution in [2.75, 3.05) is 18.8 Å². The van der Waals surface area contributed by atoms with Gasteiger partial charge in [0.1, 0.15) is 5.37 Å². The van der Waals surface area contributed by atoms with Gasteiger partial charge in [0.05, 0.1) is 30.4 Å². The maximum absolute atomic E-state index is 12.8. The lowest BCUT2D eigenvalue weighted by molar-refractivity contribution is -0.682. The number of amides is 1. The van der Waals surface area contributed by atoms with Crippen LogP contribution in [0, 0.1) is 0 Å². The fraction of sp³-hybridized carbons (Fsp3) is 0.533. The van der Waals surface area contributed by atoms with E-state index in [1.54, 1.807) is 11.0 Å². The van der Waals surface area contributed by atoms with E-state index in [1.165, 1.54) is 17.8 Å². The maximum Gasteiger partial charge on any atom is 0.416 e. The zero-order chi connectivity index (χ0) is 16.3. The SMILES string of the molecule is CC(C)[NH2+]CCN1C(=O)CS[C@H]1c1cccc(C(F)(F)F)c1. The molecule has 0 aromatic heterocycles. The first-order chi connectivity index (χ1) is 10.3. The average Bonchev–Trinajstić information content (AvgIpc) is 2.79. The summed E-state index contributed by atoms with van der Waals surface area (Å²) < 4.78 is 38.5. The molecule has 22 heavy (non-hydrogen) atoms. The number of hydrogen-bond acceptors (Lipinski definition) is 2. The number of thioether (sulfide) groups is 1. The number of carbonyl (C=O) groups is 1. The van der Waals surface area contributed by atoms with Gasteiger partial charge in [-0.05, 0) is 31.5 Å². The lowest BCUT2D eigenvalue weighted by Crippen LogP contribution is -2.89. The standard InChI is InChI=1S/C15H19F3N2OS/c1-10(2)19-6-7-20-13(21)9-22-14(20)11-4-3-5-12(8-11)15(16,17)18/h3-5,8,10,14,19H,6-7,9H2,1-2H3/p+1/t14-/m0/s1. The molecular weight excluding hydrogens is 313 g/mol. The van der Waals surface area contributed by atoms with Crippen molar-refractivity contribution < 1.29 is 23.3 Å². The zero-order valence-electron chi connectivity index (χ0n) is 12.6. The Hall–Kier alpha value is -1.21. The number of alkyl halides is 3. The fourth-order valence-corrected chi connectivity index (χ4v) is 3.60. The fourth-order valence-electron chi connectivity index (χ4n) is 2.39. The third-order valence-corrected chi connectivity index (χ3v) is 4.73. The van der Waals surface area contributed by atoms with Crippen molar-refractivity contribution in [1.82, 2.24) is 4.90 Å². The van der Waals surface area contributed by atoms with Crippen LogP contribution in [0.3, 0.4) is 0 Å². The summed E-state index contributed by atoms with van der Waals surface area (Å²) in [5.41, 5.74) is -0.131. The quantitative estimate of drug-likeness (QED) is 0.897. The molecule has 3 nitrogen and oxygen atoms in total. The number of benzene rings is 1. The molecule has 2 N–H and O–H groups in total. The Morgan fingerprint density at radius 2 is 2.14 bits per heavy atom. The Balaban J connectivity index is 2.14. The lowest BCUT2D eigenvalue weighted by atomic mass is 10.1. The van der Waals surface area contributed by atoms with E-state index in [9.17, 15) is 18.0 Å². The molecular formula is C15H20F3N2OS+. The van der Waals surface area contributed by atoms with Crippen LogP contribution in [0.25, 0.3) is 0 Å². The van der Waals surface area contributed by atoms with E-state index in [0.29, 0.717) is 23.9 Å². The second-order valence-electron chi connectivity index (χ2n) is 5.64. The van der Waals surface area contributed by atoms with E-state index in [-0.39, 0.29) is 11.3 Å². The van der Waals surface area contributed by atoms with Gasteiger partial charge >= 0.3 is 6.18 Å². The van der Waals surface area contributed by atoms with E-state index in [4.69, 9.17) is 0 Å². The lowest BCUT2D eigenvalue weighted by Gasteiger charge is -2.24. The molecule has 7 heteroatoms. The Bertz CT molecular complexity index is 534. The number of rotatable bonds is 5. The van der Waals surface area contributed by atoms with Gasteiger partial charge in [-0.1, -0.05) is 12.1 Å². The third kappa shape index (κ3) is 4.16. The van der Waals surface area contributed by atoms with Crippen LogP contribution in [0.2, 0.25) is 0 Å². The maximum atomic E-state index is 12.8. The van der Waals surface area contributed by atoms with Gasteiger partial charge in [-0.25, -0.2) is 0 Å². The van der Waals surface area contributed by atoms with Crippen molar-refractivity contribution in [2.24, 2.45) is 0 Å². The third-order valence-electron chi connectivity index (χ3n) is 3.48. The molecule has 1 aliphatic rings. The minimum absolute atomic E-state index is 0.00966. The highest BCUT2D eigenvalue weighted by atomic mass is 32.2. The van der Waals surface area contributed by atoms with Crippen molar-refractivity contribution in [3.8, 4) is 0 Å². The summed E-state index contributed by atoms with van der Waals surface area (Å²) in [7, 11) is 0. The van der Waals surface area contributed by atoms with Crippen LogP contribution in [0.4, 0.5) is 13.2 Å². The number of nitrogens with zero attached hydrogens (tertiary/aromatic N) is 1. The van der Waals surface area contributed by atoms with Crippen LogP contribution >= 0.6 is 11.8 Å². The summed E-state index contributed by atoms with van der Waals surface area (Å²) in [6, 6.07) is 5.69. The van der Waals surface area contributed by atoms with E-state index in [0.717, 1.165) is 18.7 Å². The van der Waals surface area contributed by atoms with Crippen LogP contribution in [0.1, 0.15) is 30.3 Å². The predicted molar refractivity (Wildman–Crippen MR) is 80.3 cm³/mol. The molecule has 0 radical (unpaired) electrons. The van der Waals surface area contributed by atoms with E-state index >= 15 is 0 Å². The van der Waals surface area contributed by atoms with Gasteiger partial charge in [0, 0.05) is 0 Å². The van der Waals surface area contributed by atoms with Crippen LogP contribution in [-0.4, -0.2) is 35.7 Å². The topological polar surface area (TPSA) is 36.9 Å². The summed E-state index contributed by atoms with van der Waals surface area (Å²) >= 11 is 1.38. The second-order valence-corrected chi connectivity index (χ2v) is 6.71. The Morgan fingerprint density at radius 1 is 1.41 bits per heavy atom. The summed E-state index contributed by atoms with van der Waals surface area (Å²) in [6.45, 7) is 5.42. The molecule has 1 aromatic rings. The molecule has 1 saturated heterocycles. The van der Waals surface area contributed by atoms with Gasteiger partial charge in [0.15, 0.2) is 0 Å². The number of halogens is 3. The molecule has 1 heterocycles. The molecule has 1 aromatic carbocycles. The molecule has 1 amide bonds. The molecule has 0 spiro atoms. The number of quaternary nitrogens is 1. The summed E-state index contributed by atoms with van der Waals surface area (Å²) in [5, 5.41) is 1.79. The smallest absolute Gasteiger partial charge is 0.343 e. The highest BCUT2D eigenvalue weighted by Gasteiger charge is 2.35. The molecule has 0 unspecified atom stereocenters. The minimum Gasteiger partial charge on any atom is -0.343 e. The van der Waals surface area contributed by atoms with Crippen LogP contribution in [0.5, 0.6) is 0 Å². The van der Waals surface area contributed by atoms with Gasteiger partial charge in [-0.2, -0.15) is 13.2 Å².